The first kappa shape index (κ1) is 24.3. The highest BCUT2D eigenvalue weighted by Crippen LogP contribution is 2.51. The van der Waals surface area contributed by atoms with Crippen LogP contribution in [-0.4, -0.2) is 28.0 Å². The molecule has 6 nitrogen and oxygen atoms in total. The van der Waals surface area contributed by atoms with Crippen LogP contribution in [0, 0.1) is 0 Å². The summed E-state index contributed by atoms with van der Waals surface area (Å²) in [7, 11) is -2.48. The van der Waals surface area contributed by atoms with Gasteiger partial charge < -0.3 is 9.47 Å². The molecule has 0 aromatic heterocycles. The molecular formula is C26H22F3NO5S. The molecule has 3 aromatic rings. The van der Waals surface area contributed by atoms with Crippen LogP contribution in [0.15, 0.2) is 65.6 Å². The van der Waals surface area contributed by atoms with Crippen LogP contribution in [0.2, 0.25) is 0 Å². The molecule has 1 heterocycles. The SMILES string of the molecule is CNS(=O)(=O)c1ccc(-c2cc(CC(=O)C3(c4ccc5c(c4)OCO5)CC3)ccc2C(F)(F)F)cc1. The Kier molecular flexibility index (Phi) is 5.83. The van der Waals surface area contributed by atoms with E-state index in [9.17, 15) is 26.4 Å². The van der Waals surface area contributed by atoms with Gasteiger partial charge in [0.25, 0.3) is 0 Å². The second-order valence-corrected chi connectivity index (χ2v) is 10.7. The van der Waals surface area contributed by atoms with Gasteiger partial charge in [0, 0.05) is 6.42 Å². The highest BCUT2D eigenvalue weighted by Gasteiger charge is 2.51. The van der Waals surface area contributed by atoms with Crippen molar-refractivity contribution in [1.29, 1.82) is 0 Å². The second-order valence-electron chi connectivity index (χ2n) is 8.86. The quantitative estimate of drug-likeness (QED) is 0.485. The fourth-order valence-corrected chi connectivity index (χ4v) is 5.25. The second kappa shape index (κ2) is 8.63. The molecule has 10 heteroatoms. The fraction of sp³-hybridized carbons (Fsp3) is 0.269. The molecule has 0 amide bonds. The molecule has 5 rings (SSSR count). The Morgan fingerprint density at radius 2 is 1.67 bits per heavy atom. The highest BCUT2D eigenvalue weighted by molar-refractivity contribution is 7.89. The van der Waals surface area contributed by atoms with E-state index in [1.807, 2.05) is 6.07 Å². The number of fused-ring (bicyclic) bond motifs is 1. The number of hydrogen-bond donors (Lipinski definition) is 1. The van der Waals surface area contributed by atoms with E-state index < -0.39 is 27.2 Å². The van der Waals surface area contributed by atoms with Crippen molar-refractivity contribution >= 4 is 15.8 Å². The van der Waals surface area contributed by atoms with Crippen LogP contribution in [0.25, 0.3) is 11.1 Å². The van der Waals surface area contributed by atoms with Gasteiger partial charge in [-0.3, -0.25) is 4.79 Å². The first-order valence-corrected chi connectivity index (χ1v) is 12.7. The predicted molar refractivity (Wildman–Crippen MR) is 125 cm³/mol. The Bertz CT molecular complexity index is 1450. The number of halogens is 3. The summed E-state index contributed by atoms with van der Waals surface area (Å²) < 4.78 is 78.3. The van der Waals surface area contributed by atoms with Gasteiger partial charge in [0.15, 0.2) is 11.5 Å². The maximum absolute atomic E-state index is 13.8. The van der Waals surface area contributed by atoms with E-state index in [-0.39, 0.29) is 35.0 Å². The number of ether oxygens (including phenoxy) is 2. The van der Waals surface area contributed by atoms with E-state index in [0.29, 0.717) is 29.9 Å². The lowest BCUT2D eigenvalue weighted by Gasteiger charge is -2.18. The van der Waals surface area contributed by atoms with Crippen LogP contribution >= 0.6 is 0 Å². The van der Waals surface area contributed by atoms with Crippen LogP contribution in [0.4, 0.5) is 13.2 Å². The van der Waals surface area contributed by atoms with Gasteiger partial charge in [-0.25, -0.2) is 13.1 Å². The molecule has 0 atom stereocenters. The summed E-state index contributed by atoms with van der Waals surface area (Å²) in [5.41, 5.74) is -0.211. The number of hydrogen-bond acceptors (Lipinski definition) is 5. The largest absolute Gasteiger partial charge is 0.454 e. The molecule has 1 saturated carbocycles. The summed E-state index contributed by atoms with van der Waals surface area (Å²) in [5, 5.41) is 0. The number of rotatable bonds is 7. The Balaban J connectivity index is 1.46. The van der Waals surface area contributed by atoms with E-state index in [1.54, 1.807) is 12.1 Å². The van der Waals surface area contributed by atoms with Gasteiger partial charge in [-0.15, -0.1) is 0 Å². The molecule has 188 valence electrons. The zero-order valence-corrected chi connectivity index (χ0v) is 20.0. The lowest BCUT2D eigenvalue weighted by atomic mass is 9.86. The minimum absolute atomic E-state index is 0.0359. The monoisotopic (exact) mass is 517 g/mol. The van der Waals surface area contributed by atoms with Crippen LogP contribution in [0.5, 0.6) is 11.5 Å². The van der Waals surface area contributed by atoms with E-state index in [4.69, 9.17) is 9.47 Å². The summed E-state index contributed by atoms with van der Waals surface area (Å²) in [6, 6.07) is 14.2. The van der Waals surface area contributed by atoms with Crippen molar-refractivity contribution in [1.82, 2.24) is 4.72 Å². The minimum atomic E-state index is -4.63. The standard InChI is InChI=1S/C26H22F3NO5S/c1-30-36(32,33)19-6-3-17(4-7-19)20-12-16(2-8-21(20)26(27,28)29)13-24(31)25(10-11-25)18-5-9-22-23(14-18)35-15-34-22/h2-9,12,14,30H,10-11,13,15H2,1H3. The minimum Gasteiger partial charge on any atom is -0.454 e. The lowest BCUT2D eigenvalue weighted by molar-refractivity contribution is -0.137. The van der Waals surface area contributed by atoms with Crippen LogP contribution in [0.3, 0.4) is 0 Å². The average molecular weight is 518 g/mol. The van der Waals surface area contributed by atoms with Crippen molar-refractivity contribution in [2.24, 2.45) is 0 Å². The van der Waals surface area contributed by atoms with Gasteiger partial charge in [0.1, 0.15) is 5.78 Å². The molecule has 36 heavy (non-hydrogen) atoms. The van der Waals surface area contributed by atoms with Gasteiger partial charge in [0.2, 0.25) is 16.8 Å². The van der Waals surface area contributed by atoms with Crippen molar-refractivity contribution in [3.63, 3.8) is 0 Å². The van der Waals surface area contributed by atoms with Gasteiger partial charge in [-0.2, -0.15) is 13.2 Å². The molecule has 1 fully saturated rings. The molecule has 2 aliphatic rings. The zero-order valence-electron chi connectivity index (χ0n) is 19.2. The fourth-order valence-electron chi connectivity index (χ4n) is 4.52. The molecule has 1 aliphatic carbocycles. The zero-order chi connectivity index (χ0) is 25.7. The Morgan fingerprint density at radius 3 is 2.31 bits per heavy atom. The third-order valence-corrected chi connectivity index (χ3v) is 8.14. The molecule has 1 aliphatic heterocycles. The first-order valence-electron chi connectivity index (χ1n) is 11.2. The van der Waals surface area contributed by atoms with Crippen LogP contribution < -0.4 is 14.2 Å². The predicted octanol–water partition coefficient (Wildman–Crippen LogP) is 4.85. The topological polar surface area (TPSA) is 81.7 Å². The molecule has 0 saturated heterocycles. The van der Waals surface area contributed by atoms with E-state index in [0.717, 1.165) is 11.6 Å². The number of benzene rings is 3. The summed E-state index contributed by atoms with van der Waals surface area (Å²) >= 11 is 0. The van der Waals surface area contributed by atoms with Gasteiger partial charge >= 0.3 is 6.18 Å². The molecule has 0 bridgehead atoms. The number of carbonyl (C=O) groups excluding carboxylic acids is 1. The van der Waals surface area contributed by atoms with Crippen molar-refractivity contribution in [2.75, 3.05) is 13.8 Å². The average Bonchev–Trinajstić information content (AvgIpc) is 3.54. The summed E-state index contributed by atoms with van der Waals surface area (Å²) in [4.78, 5) is 13.3. The maximum Gasteiger partial charge on any atom is 0.417 e. The highest BCUT2D eigenvalue weighted by atomic mass is 32.2. The van der Waals surface area contributed by atoms with Gasteiger partial charge in [-0.05, 0) is 72.5 Å². The third kappa shape index (κ3) is 4.35. The smallest absolute Gasteiger partial charge is 0.417 e. The number of sulfonamides is 1. The Morgan fingerprint density at radius 1 is 0.972 bits per heavy atom. The molecule has 0 radical (unpaired) electrons. The van der Waals surface area contributed by atoms with E-state index in [2.05, 4.69) is 4.72 Å². The summed E-state index contributed by atoms with van der Waals surface area (Å²) in [6.45, 7) is 0.121. The molecule has 0 unspecified atom stereocenters. The third-order valence-electron chi connectivity index (χ3n) is 6.71. The summed E-state index contributed by atoms with van der Waals surface area (Å²) in [5.74, 6) is 1.11. The Hall–Kier alpha value is -3.37. The number of ketones is 1. The van der Waals surface area contributed by atoms with Crippen LogP contribution in [-0.2, 0) is 32.8 Å². The Labute approximate surface area is 206 Å². The van der Waals surface area contributed by atoms with Gasteiger partial charge in [-0.1, -0.05) is 30.3 Å². The number of alkyl halides is 3. The number of nitrogens with one attached hydrogen (secondary N) is 1. The lowest BCUT2D eigenvalue weighted by Crippen LogP contribution is -2.22. The molecule has 0 spiro atoms. The van der Waals surface area contributed by atoms with E-state index >= 15 is 0 Å². The molecule has 1 N–H and O–H groups in total. The first-order chi connectivity index (χ1) is 17.0. The number of Topliss-reactive ketones (excluding diaryl/α,β-unsaturated/α-hetero) is 1. The van der Waals surface area contributed by atoms with Crippen molar-refractivity contribution < 1.29 is 35.9 Å². The van der Waals surface area contributed by atoms with Crippen molar-refractivity contribution in [3.05, 3.63) is 77.4 Å². The normalized spacial score (nSPS) is 16.1. The van der Waals surface area contributed by atoms with Crippen LogP contribution in [0.1, 0.15) is 29.5 Å². The molecule has 3 aromatic carbocycles. The molecular weight excluding hydrogens is 495 g/mol. The van der Waals surface area contributed by atoms with Crippen molar-refractivity contribution in [3.8, 4) is 22.6 Å². The van der Waals surface area contributed by atoms with Crippen molar-refractivity contribution in [2.45, 2.75) is 35.7 Å². The maximum atomic E-state index is 13.8. The van der Waals surface area contributed by atoms with E-state index in [1.165, 1.54) is 43.4 Å². The van der Waals surface area contributed by atoms with Gasteiger partial charge in [0.05, 0.1) is 15.9 Å². The summed E-state index contributed by atoms with van der Waals surface area (Å²) in [6.07, 6.45) is -3.36. The number of carbonyl (C=O) groups is 1.